The van der Waals surface area contributed by atoms with Crippen LogP contribution in [0.5, 0.6) is 5.75 Å². The van der Waals surface area contributed by atoms with Gasteiger partial charge in [0.2, 0.25) is 0 Å². The first-order chi connectivity index (χ1) is 18.4. The van der Waals surface area contributed by atoms with E-state index in [4.69, 9.17) is 4.74 Å². The third-order valence-corrected chi connectivity index (χ3v) is 6.96. The van der Waals surface area contributed by atoms with Gasteiger partial charge in [-0.15, -0.1) is 34.7 Å². The molecule has 1 aromatic heterocycles. The highest BCUT2D eigenvalue weighted by Crippen LogP contribution is 2.44. The number of thiol groups is 2. The van der Waals surface area contributed by atoms with Crippen LogP contribution in [0.25, 0.3) is 0 Å². The molecule has 2 aromatic rings. The number of rotatable bonds is 6. The number of anilines is 2. The highest BCUT2D eigenvalue weighted by atomic mass is 33.1. The monoisotopic (exact) mass is 580 g/mol. The molecule has 0 fully saturated rings. The number of aryl methyl sites for hydroxylation is 1. The number of carbonyl (C=O) groups excluding carboxylic acids is 3. The fourth-order valence-corrected chi connectivity index (χ4v) is 5.54. The number of ether oxygens (including phenoxy) is 1. The number of carboxylic acids is 1. The Kier molecular flexibility index (Phi) is 12.6. The standard InChI is InChI=1S/C23H24N4O6S.C2H6.H2S2/c1-24-21(22(32)25-9-12-5-6-16-15(7-12)26-18(29)11-33-16)27-23-14(10-28)20-13(8-19(30)31)3-2-4-17(20)34-23;2*1-2/h5-7,10,13H,2-4,8-9,11H2,1H3,(H,24,27)(H,25,32)(H,26,29)(H,30,31);1-2H3;1-2H. The summed E-state index contributed by atoms with van der Waals surface area (Å²) in [6.07, 6.45) is 3.00. The highest BCUT2D eigenvalue weighted by molar-refractivity contribution is 8.59. The van der Waals surface area contributed by atoms with Crippen LogP contribution in [0.1, 0.15) is 65.4 Å². The molecular formula is C25H32N4O6S3. The number of nitrogens with zero attached hydrogens (tertiary/aromatic N) is 1. The van der Waals surface area contributed by atoms with E-state index in [-0.39, 0.29) is 37.2 Å². The van der Waals surface area contributed by atoms with Crippen LogP contribution in [0.3, 0.4) is 0 Å². The van der Waals surface area contributed by atoms with E-state index in [9.17, 15) is 24.3 Å². The summed E-state index contributed by atoms with van der Waals surface area (Å²) in [5.41, 5.74) is 2.46. The fraction of sp³-hybridized carbons (Fsp3) is 0.400. The Labute approximate surface area is 235 Å². The number of nitrogens with one attached hydrogen (secondary N) is 3. The van der Waals surface area contributed by atoms with E-state index in [0.29, 0.717) is 34.7 Å². The first-order valence-corrected chi connectivity index (χ1v) is 14.4. The van der Waals surface area contributed by atoms with Crippen LogP contribution >= 0.6 is 34.7 Å². The van der Waals surface area contributed by atoms with Crippen molar-refractivity contribution in [2.45, 2.75) is 52.0 Å². The second-order valence-electron chi connectivity index (χ2n) is 8.03. The number of amidine groups is 1. The second-order valence-corrected chi connectivity index (χ2v) is 9.14. The quantitative estimate of drug-likeness (QED) is 0.0980. The van der Waals surface area contributed by atoms with E-state index in [0.717, 1.165) is 28.8 Å². The Morgan fingerprint density at radius 2 is 2.05 bits per heavy atom. The number of aliphatic imine (C=N–C) groups is 1. The number of carbonyl (C=O) groups is 4. The maximum absolute atomic E-state index is 12.8. The Balaban J connectivity index is 0.00000121. The molecule has 206 valence electrons. The van der Waals surface area contributed by atoms with Crippen molar-refractivity contribution in [3.8, 4) is 5.75 Å². The van der Waals surface area contributed by atoms with E-state index in [2.05, 4.69) is 44.3 Å². The summed E-state index contributed by atoms with van der Waals surface area (Å²) in [5, 5.41) is 18.2. The number of benzene rings is 1. The predicted octanol–water partition coefficient (Wildman–Crippen LogP) is 4.33. The van der Waals surface area contributed by atoms with Gasteiger partial charge >= 0.3 is 5.97 Å². The topological polar surface area (TPSA) is 146 Å². The van der Waals surface area contributed by atoms with Crippen molar-refractivity contribution in [3.05, 3.63) is 39.8 Å². The van der Waals surface area contributed by atoms with E-state index < -0.39 is 11.9 Å². The minimum atomic E-state index is -0.904. The lowest BCUT2D eigenvalue weighted by atomic mass is 9.83. The number of aldehydes is 1. The number of amides is 2. The fourth-order valence-electron chi connectivity index (χ4n) is 4.25. The van der Waals surface area contributed by atoms with Gasteiger partial charge in [0.05, 0.1) is 17.7 Å². The summed E-state index contributed by atoms with van der Waals surface area (Å²) in [6.45, 7) is 4.15. The Hall–Kier alpha value is -3.03. The zero-order chi connectivity index (χ0) is 28.2. The van der Waals surface area contributed by atoms with Crippen molar-refractivity contribution in [1.29, 1.82) is 0 Å². The molecule has 10 nitrogen and oxygen atoms in total. The van der Waals surface area contributed by atoms with Crippen LogP contribution in [0.4, 0.5) is 10.7 Å². The number of aliphatic carboxylic acids is 1. The van der Waals surface area contributed by atoms with Crippen molar-refractivity contribution in [1.82, 2.24) is 5.32 Å². The largest absolute Gasteiger partial charge is 0.482 e. The van der Waals surface area contributed by atoms with Gasteiger partial charge in [-0.25, -0.2) is 0 Å². The van der Waals surface area contributed by atoms with Crippen molar-refractivity contribution in [3.63, 3.8) is 0 Å². The first-order valence-electron chi connectivity index (χ1n) is 12.0. The average molecular weight is 581 g/mol. The number of thiophene rings is 1. The molecule has 4 rings (SSSR count). The van der Waals surface area contributed by atoms with Crippen LogP contribution in [0.2, 0.25) is 0 Å². The zero-order valence-corrected chi connectivity index (χ0v) is 24.0. The van der Waals surface area contributed by atoms with Gasteiger partial charge in [0.1, 0.15) is 10.8 Å². The van der Waals surface area contributed by atoms with Crippen LogP contribution in [-0.2, 0) is 27.3 Å². The molecule has 4 N–H and O–H groups in total. The molecule has 0 saturated carbocycles. The van der Waals surface area contributed by atoms with Crippen LogP contribution in [0.15, 0.2) is 23.2 Å². The van der Waals surface area contributed by atoms with Gasteiger partial charge in [-0.05, 0) is 48.4 Å². The molecule has 2 amide bonds. The lowest BCUT2D eigenvalue weighted by molar-refractivity contribution is -0.137. The Bertz CT molecular complexity index is 1200. The predicted molar refractivity (Wildman–Crippen MR) is 156 cm³/mol. The molecule has 38 heavy (non-hydrogen) atoms. The van der Waals surface area contributed by atoms with Gasteiger partial charge in [-0.2, -0.15) is 0 Å². The van der Waals surface area contributed by atoms with Crippen molar-refractivity contribution >= 4 is 75.3 Å². The number of carboxylic acid groups (broad SMARTS) is 1. The maximum atomic E-state index is 12.8. The number of hydrogen-bond acceptors (Lipinski definition) is 9. The summed E-state index contributed by atoms with van der Waals surface area (Å²) < 4.78 is 5.33. The molecular weight excluding hydrogens is 548 g/mol. The molecule has 0 saturated heterocycles. The van der Waals surface area contributed by atoms with Gasteiger partial charge in [0, 0.05) is 18.5 Å². The smallest absolute Gasteiger partial charge is 0.303 e. The molecule has 0 spiro atoms. The van der Waals surface area contributed by atoms with Gasteiger partial charge in [0.25, 0.3) is 11.8 Å². The summed E-state index contributed by atoms with van der Waals surface area (Å²) >= 11 is 7.80. The summed E-state index contributed by atoms with van der Waals surface area (Å²) in [4.78, 5) is 52.5. The molecule has 1 aromatic carbocycles. The second kappa shape index (κ2) is 15.4. The molecule has 0 bridgehead atoms. The van der Waals surface area contributed by atoms with E-state index in [1.54, 1.807) is 18.2 Å². The minimum absolute atomic E-state index is 0.0307. The van der Waals surface area contributed by atoms with Gasteiger partial charge in [-0.3, -0.25) is 24.2 Å². The first kappa shape index (κ1) is 31.2. The van der Waals surface area contributed by atoms with E-state index >= 15 is 0 Å². The molecule has 0 radical (unpaired) electrons. The third-order valence-electron chi connectivity index (χ3n) is 5.76. The molecule has 2 aliphatic rings. The summed E-state index contributed by atoms with van der Waals surface area (Å²) in [5.74, 6) is -1.24. The van der Waals surface area contributed by atoms with E-state index in [1.807, 2.05) is 13.8 Å². The van der Waals surface area contributed by atoms with Crippen molar-refractivity contribution in [2.24, 2.45) is 4.99 Å². The summed E-state index contributed by atoms with van der Waals surface area (Å²) in [7, 11) is 1.47. The lowest BCUT2D eigenvalue weighted by Crippen LogP contribution is -2.35. The average Bonchev–Trinajstić information content (AvgIpc) is 3.30. The number of hydrogen-bond donors (Lipinski definition) is 6. The van der Waals surface area contributed by atoms with Gasteiger partial charge in [0.15, 0.2) is 18.7 Å². The molecule has 2 heterocycles. The Morgan fingerprint density at radius 3 is 2.71 bits per heavy atom. The number of fused-ring (bicyclic) bond motifs is 2. The Morgan fingerprint density at radius 1 is 1.32 bits per heavy atom. The van der Waals surface area contributed by atoms with Crippen LogP contribution in [0, 0.1) is 0 Å². The zero-order valence-electron chi connectivity index (χ0n) is 21.4. The molecule has 1 aliphatic carbocycles. The van der Waals surface area contributed by atoms with E-state index in [1.165, 1.54) is 18.4 Å². The van der Waals surface area contributed by atoms with Crippen LogP contribution in [-0.4, -0.2) is 48.7 Å². The van der Waals surface area contributed by atoms with Gasteiger partial charge < -0.3 is 25.8 Å². The summed E-state index contributed by atoms with van der Waals surface area (Å²) in [6, 6.07) is 5.24. The normalized spacial score (nSPS) is 15.6. The van der Waals surface area contributed by atoms with Gasteiger partial charge in [-0.1, -0.05) is 19.9 Å². The maximum Gasteiger partial charge on any atom is 0.303 e. The molecule has 1 unspecified atom stereocenters. The lowest BCUT2D eigenvalue weighted by Gasteiger charge is -2.21. The van der Waals surface area contributed by atoms with Crippen molar-refractivity contribution in [2.75, 3.05) is 24.3 Å². The molecule has 1 atom stereocenters. The highest BCUT2D eigenvalue weighted by Gasteiger charge is 2.30. The minimum Gasteiger partial charge on any atom is -0.482 e. The SMILES string of the molecule is CC.CN=C(Nc1sc2c(c1C=O)C(CC(=O)O)CCC2)C(=O)NCc1ccc2c(c1)NC(=O)CO2.SS. The van der Waals surface area contributed by atoms with Crippen LogP contribution < -0.4 is 20.7 Å². The third kappa shape index (κ3) is 7.74. The molecule has 1 aliphatic heterocycles. The van der Waals surface area contributed by atoms with Crippen molar-refractivity contribution < 1.29 is 29.0 Å². The molecule has 13 heteroatoms.